The summed E-state index contributed by atoms with van der Waals surface area (Å²) in [6.07, 6.45) is 0.0920. The number of carbonyl (C=O) groups excluding carboxylic acids is 4. The molecule has 0 saturated carbocycles. The van der Waals surface area contributed by atoms with E-state index in [0.29, 0.717) is 81.3 Å². The van der Waals surface area contributed by atoms with Gasteiger partial charge in [0.25, 0.3) is 5.91 Å². The molecule has 4 heterocycles. The van der Waals surface area contributed by atoms with E-state index in [1.54, 1.807) is 80.6 Å². The minimum atomic E-state index is -5.09. The van der Waals surface area contributed by atoms with Crippen molar-refractivity contribution >= 4 is 58.8 Å². The molecule has 4 amide bonds. The summed E-state index contributed by atoms with van der Waals surface area (Å²) in [5.41, 5.74) is 0.418. The van der Waals surface area contributed by atoms with Gasteiger partial charge in [0.2, 0.25) is 11.8 Å². The summed E-state index contributed by atoms with van der Waals surface area (Å²) in [4.78, 5) is 67.0. The molecule has 0 aliphatic carbocycles. The number of anilines is 2. The molecule has 1 aromatic heterocycles. The Kier molecular flexibility index (Phi) is 16.7. The van der Waals surface area contributed by atoms with Gasteiger partial charge in [-0.2, -0.15) is 0 Å². The van der Waals surface area contributed by atoms with Gasteiger partial charge in [0.05, 0.1) is 53.2 Å². The number of alkyl carbamates (subject to hydrolysis) is 1. The summed E-state index contributed by atoms with van der Waals surface area (Å²) in [6.45, 7) is 6.11. The largest absolute Gasteiger partial charge is 0.573 e. The van der Waals surface area contributed by atoms with E-state index in [1.165, 1.54) is 25.4 Å². The number of aliphatic hydroxyl groups excluding tert-OH is 1. The van der Waals surface area contributed by atoms with Crippen molar-refractivity contribution in [3.8, 4) is 16.9 Å². The Balaban J connectivity index is 1.17. The minimum Gasteiger partial charge on any atom is -0.453 e. The second-order valence-corrected chi connectivity index (χ2v) is 17.4. The number of halogens is 4. The predicted octanol–water partition coefficient (Wildman–Crippen LogP) is 5.58. The molecule has 4 N–H and O–H groups in total. The Bertz CT molecular complexity index is 2290. The van der Waals surface area contributed by atoms with Gasteiger partial charge >= 0.3 is 12.5 Å². The zero-order chi connectivity index (χ0) is 48.5. The van der Waals surface area contributed by atoms with Crippen LogP contribution < -0.4 is 25.6 Å². The molecule has 2 unspecified atom stereocenters. The first kappa shape index (κ1) is 50.5. The number of nitrogens with one attached hydrogen (secondary N) is 3. The summed E-state index contributed by atoms with van der Waals surface area (Å²) in [5, 5.41) is 17.8. The number of likely N-dealkylation sites (tertiary alicyclic amines) is 1. The number of nitrogens with zero attached hydrogens (tertiary/aromatic N) is 5. The number of alkyl halides is 3. The standard InChI is InChI=1S/C46H56ClF3N8O9/c1-45(2,27-59)43(62)57-16-14-56(15-17-57)39-11-10-31(23-53-39)41(60)54-36-22-38(67-46(48,49)50)34(21-35(36)47)28-6-8-29(9-7-28)37(25-51-3)52-24-32-20-33(64-4)26-58(32)42(61)40(55-44(63)65-5)30-12-18-66-19-13-30/h6-11,21-25,30,32-33,40,51,59H,12-20,26-27H2,1-5H3,(H,54,60)(H,55,63)/b37-25-,52-24?/t32-,33?,40?/m0/s1. The van der Waals surface area contributed by atoms with Crippen LogP contribution in [0.4, 0.5) is 29.5 Å². The van der Waals surface area contributed by atoms with Crippen LogP contribution >= 0.6 is 11.6 Å². The van der Waals surface area contributed by atoms with E-state index in [1.807, 2.05) is 4.90 Å². The first-order valence-electron chi connectivity index (χ1n) is 21.7. The third kappa shape index (κ3) is 12.7. The normalized spacial score (nSPS) is 19.0. The number of pyridine rings is 1. The second kappa shape index (κ2) is 22.2. The third-order valence-corrected chi connectivity index (χ3v) is 12.3. The summed E-state index contributed by atoms with van der Waals surface area (Å²) in [7, 11) is 4.47. The molecule has 3 aliphatic rings. The number of amides is 4. The van der Waals surface area contributed by atoms with Crippen molar-refractivity contribution in [1.82, 2.24) is 25.4 Å². The number of hydrogen-bond donors (Lipinski definition) is 4. The van der Waals surface area contributed by atoms with Crippen molar-refractivity contribution in [2.75, 3.05) is 84.0 Å². The molecular formula is C46H56ClF3N8O9. The molecule has 17 nitrogen and oxygen atoms in total. The lowest BCUT2D eigenvalue weighted by molar-refractivity contribution is -0.274. The van der Waals surface area contributed by atoms with Crippen molar-refractivity contribution < 1.29 is 56.4 Å². The first-order chi connectivity index (χ1) is 31.9. The van der Waals surface area contributed by atoms with Gasteiger partial charge in [0.1, 0.15) is 17.6 Å². The van der Waals surface area contributed by atoms with E-state index in [-0.39, 0.29) is 58.8 Å². The van der Waals surface area contributed by atoms with Gasteiger partial charge in [0, 0.05) is 102 Å². The molecule has 0 spiro atoms. The number of aliphatic hydroxyl groups is 1. The van der Waals surface area contributed by atoms with Crippen molar-refractivity contribution in [3.63, 3.8) is 0 Å². The molecule has 3 fully saturated rings. The maximum absolute atomic E-state index is 14.1. The van der Waals surface area contributed by atoms with E-state index in [4.69, 9.17) is 30.8 Å². The Hall–Kier alpha value is -5.96. The zero-order valence-corrected chi connectivity index (χ0v) is 38.7. The topological polar surface area (TPSA) is 196 Å². The summed E-state index contributed by atoms with van der Waals surface area (Å²) in [5.74, 6) is -1.34. The van der Waals surface area contributed by atoms with E-state index in [9.17, 15) is 37.5 Å². The van der Waals surface area contributed by atoms with Crippen LogP contribution in [0.1, 0.15) is 49.0 Å². The number of ether oxygens (including phenoxy) is 4. The van der Waals surface area contributed by atoms with E-state index in [0.717, 1.165) is 6.07 Å². The van der Waals surface area contributed by atoms with Crippen molar-refractivity contribution in [2.24, 2.45) is 16.3 Å². The van der Waals surface area contributed by atoms with Crippen molar-refractivity contribution in [1.29, 1.82) is 0 Å². The fourth-order valence-corrected chi connectivity index (χ4v) is 8.34. The smallest absolute Gasteiger partial charge is 0.453 e. The highest BCUT2D eigenvalue weighted by Crippen LogP contribution is 2.41. The van der Waals surface area contributed by atoms with Gasteiger partial charge in [-0.3, -0.25) is 19.4 Å². The van der Waals surface area contributed by atoms with Crippen LogP contribution in [-0.2, 0) is 23.8 Å². The van der Waals surface area contributed by atoms with Gasteiger partial charge in [-0.05, 0) is 56.4 Å². The van der Waals surface area contributed by atoms with Crippen LogP contribution in [0.25, 0.3) is 16.8 Å². The Morgan fingerprint density at radius 2 is 1.70 bits per heavy atom. The van der Waals surface area contributed by atoms with Crippen LogP contribution in [0.15, 0.2) is 65.9 Å². The number of methoxy groups -OCH3 is 2. The van der Waals surface area contributed by atoms with Crippen LogP contribution in [0.3, 0.4) is 0 Å². The lowest BCUT2D eigenvalue weighted by atomic mass is 9.90. The maximum atomic E-state index is 14.1. The molecule has 0 radical (unpaired) electrons. The lowest BCUT2D eigenvalue weighted by Gasteiger charge is -2.38. The fraction of sp³-hybridized carbons (Fsp3) is 0.478. The Morgan fingerprint density at radius 1 is 1.01 bits per heavy atom. The van der Waals surface area contributed by atoms with Gasteiger partial charge in [-0.15, -0.1) is 13.2 Å². The van der Waals surface area contributed by atoms with E-state index >= 15 is 0 Å². The highest BCUT2D eigenvalue weighted by molar-refractivity contribution is 6.34. The van der Waals surface area contributed by atoms with Crippen LogP contribution in [0.5, 0.6) is 5.75 Å². The third-order valence-electron chi connectivity index (χ3n) is 12.0. The zero-order valence-electron chi connectivity index (χ0n) is 37.9. The number of hydrogen-bond acceptors (Lipinski definition) is 13. The maximum Gasteiger partial charge on any atom is 0.573 e. The highest BCUT2D eigenvalue weighted by atomic mass is 35.5. The molecule has 3 aliphatic heterocycles. The summed E-state index contributed by atoms with van der Waals surface area (Å²) < 4.78 is 61.9. The fourth-order valence-electron chi connectivity index (χ4n) is 8.13. The average Bonchev–Trinajstić information content (AvgIpc) is 3.75. The quantitative estimate of drug-likeness (QED) is 0.139. The molecule has 6 rings (SSSR count). The molecule has 67 heavy (non-hydrogen) atoms. The Morgan fingerprint density at radius 3 is 2.30 bits per heavy atom. The second-order valence-electron chi connectivity index (χ2n) is 16.9. The number of aliphatic imine (C=N–C) groups is 1. The summed E-state index contributed by atoms with van der Waals surface area (Å²) in [6, 6.07) is 10.5. The number of aromatic nitrogens is 1. The molecule has 0 bridgehead atoms. The van der Waals surface area contributed by atoms with Crippen LogP contribution in [-0.4, -0.2) is 148 Å². The molecular weight excluding hydrogens is 901 g/mol. The van der Waals surface area contributed by atoms with Gasteiger partial charge in [0.15, 0.2) is 0 Å². The van der Waals surface area contributed by atoms with E-state index in [2.05, 4.69) is 25.7 Å². The lowest BCUT2D eigenvalue weighted by Crippen LogP contribution is -2.54. The number of carbonyl (C=O) groups is 4. The molecule has 21 heteroatoms. The average molecular weight is 957 g/mol. The Labute approximate surface area is 391 Å². The monoisotopic (exact) mass is 956 g/mol. The molecule has 3 atom stereocenters. The van der Waals surface area contributed by atoms with Crippen molar-refractivity contribution in [2.45, 2.75) is 57.7 Å². The first-order valence-corrected chi connectivity index (χ1v) is 22.1. The molecule has 3 saturated heterocycles. The van der Waals surface area contributed by atoms with Gasteiger partial charge in [-0.1, -0.05) is 35.9 Å². The molecule has 362 valence electrons. The predicted molar refractivity (Wildman–Crippen MR) is 245 cm³/mol. The van der Waals surface area contributed by atoms with E-state index < -0.39 is 41.6 Å². The van der Waals surface area contributed by atoms with Gasteiger partial charge in [-0.25, -0.2) is 9.78 Å². The molecule has 3 aromatic rings. The number of benzene rings is 2. The number of rotatable bonds is 15. The summed E-state index contributed by atoms with van der Waals surface area (Å²) >= 11 is 6.61. The number of piperazine rings is 1. The molecule has 2 aromatic carbocycles. The van der Waals surface area contributed by atoms with Crippen LogP contribution in [0.2, 0.25) is 5.02 Å². The van der Waals surface area contributed by atoms with Crippen molar-refractivity contribution in [3.05, 3.63) is 77.1 Å². The SMILES string of the molecule is CN/C=C(\N=C[C@@H]1CC(OC)CN1C(=O)C(NC(=O)OC)C1CCOCC1)c1ccc(-c2cc(Cl)c(NC(=O)c3ccc(N4CCN(C(=O)C(C)(C)CO)CC4)nc3)cc2OC(F)(F)F)cc1. The minimum absolute atomic E-state index is 0.00683. The van der Waals surface area contributed by atoms with Gasteiger partial charge < -0.3 is 54.7 Å². The highest BCUT2D eigenvalue weighted by Gasteiger charge is 2.41. The van der Waals surface area contributed by atoms with Crippen LogP contribution in [0, 0.1) is 11.3 Å².